The molecular formula is C25H36O2. The molecule has 2 heteroatoms. The van der Waals surface area contributed by atoms with Crippen molar-refractivity contribution in [2.75, 3.05) is 20.3 Å². The maximum absolute atomic E-state index is 5.90. The van der Waals surface area contributed by atoms with Crippen LogP contribution in [0, 0.1) is 5.92 Å². The molecule has 2 aromatic rings. The lowest BCUT2D eigenvalue weighted by Gasteiger charge is -2.27. The van der Waals surface area contributed by atoms with Crippen molar-refractivity contribution in [2.24, 2.45) is 5.92 Å². The van der Waals surface area contributed by atoms with Gasteiger partial charge in [0.2, 0.25) is 0 Å². The second kappa shape index (κ2) is 9.94. The molecule has 0 aromatic heterocycles. The highest BCUT2D eigenvalue weighted by molar-refractivity contribution is 5.41. The first kappa shape index (κ1) is 21.5. The molecule has 0 aliphatic rings. The van der Waals surface area contributed by atoms with Crippen LogP contribution in [0.25, 0.3) is 0 Å². The van der Waals surface area contributed by atoms with Crippen LogP contribution < -0.4 is 4.74 Å². The first-order chi connectivity index (χ1) is 12.9. The molecule has 0 aliphatic carbocycles. The molecule has 0 amide bonds. The molecule has 0 aliphatic heterocycles. The molecule has 0 spiro atoms. The van der Waals surface area contributed by atoms with Gasteiger partial charge in [0.15, 0.2) is 0 Å². The summed E-state index contributed by atoms with van der Waals surface area (Å²) in [7, 11) is 1.77. The Balaban J connectivity index is 2.12. The maximum atomic E-state index is 5.90. The third kappa shape index (κ3) is 5.59. The van der Waals surface area contributed by atoms with Crippen LogP contribution in [0.15, 0.2) is 48.5 Å². The molecule has 2 atom stereocenters. The zero-order valence-corrected chi connectivity index (χ0v) is 17.9. The van der Waals surface area contributed by atoms with Crippen molar-refractivity contribution in [3.05, 3.63) is 65.2 Å². The van der Waals surface area contributed by atoms with E-state index in [1.807, 2.05) is 0 Å². The van der Waals surface area contributed by atoms with Crippen LogP contribution in [0.3, 0.4) is 0 Å². The van der Waals surface area contributed by atoms with Gasteiger partial charge in [0, 0.05) is 18.4 Å². The van der Waals surface area contributed by atoms with Crippen LogP contribution >= 0.6 is 0 Å². The van der Waals surface area contributed by atoms with Crippen molar-refractivity contribution in [3.63, 3.8) is 0 Å². The second-order valence-electron chi connectivity index (χ2n) is 8.16. The topological polar surface area (TPSA) is 18.5 Å². The lowest BCUT2D eigenvalue weighted by Crippen LogP contribution is -2.19. The minimum Gasteiger partial charge on any atom is -0.493 e. The van der Waals surface area contributed by atoms with Crippen LogP contribution in [0.5, 0.6) is 5.75 Å². The third-order valence-electron chi connectivity index (χ3n) is 5.77. The number of rotatable bonds is 10. The Morgan fingerprint density at radius 1 is 0.815 bits per heavy atom. The highest BCUT2D eigenvalue weighted by Crippen LogP contribution is 2.33. The van der Waals surface area contributed by atoms with Crippen molar-refractivity contribution in [1.29, 1.82) is 0 Å². The van der Waals surface area contributed by atoms with Crippen molar-refractivity contribution >= 4 is 0 Å². The minimum atomic E-state index is -0.0449. The quantitative estimate of drug-likeness (QED) is 0.472. The van der Waals surface area contributed by atoms with Gasteiger partial charge < -0.3 is 9.47 Å². The van der Waals surface area contributed by atoms with Gasteiger partial charge in [0.25, 0.3) is 0 Å². The fraction of sp³-hybridized carbons (Fsp3) is 0.520. The summed E-state index contributed by atoms with van der Waals surface area (Å²) >= 11 is 0. The lowest BCUT2D eigenvalue weighted by atomic mass is 9.77. The van der Waals surface area contributed by atoms with Gasteiger partial charge >= 0.3 is 0 Å². The highest BCUT2D eigenvalue weighted by Gasteiger charge is 2.23. The van der Waals surface area contributed by atoms with E-state index >= 15 is 0 Å². The molecule has 27 heavy (non-hydrogen) atoms. The Morgan fingerprint density at radius 3 is 1.85 bits per heavy atom. The molecule has 148 valence electrons. The predicted octanol–water partition coefficient (Wildman–Crippen LogP) is 6.58. The Labute approximate surface area is 165 Å². The van der Waals surface area contributed by atoms with E-state index in [9.17, 15) is 0 Å². The van der Waals surface area contributed by atoms with E-state index in [1.165, 1.54) is 16.7 Å². The number of hydrogen-bond acceptors (Lipinski definition) is 2. The van der Waals surface area contributed by atoms with E-state index in [1.54, 1.807) is 7.11 Å². The summed E-state index contributed by atoms with van der Waals surface area (Å²) in [6.45, 7) is 12.7. The van der Waals surface area contributed by atoms with Gasteiger partial charge in [-0.25, -0.2) is 0 Å². The molecule has 0 radical (unpaired) electrons. The third-order valence-corrected chi connectivity index (χ3v) is 5.77. The molecule has 2 rings (SSSR count). The summed E-state index contributed by atoms with van der Waals surface area (Å²) in [4.78, 5) is 0. The van der Waals surface area contributed by atoms with Crippen LogP contribution in [-0.2, 0) is 10.2 Å². The highest BCUT2D eigenvalue weighted by atomic mass is 16.5. The van der Waals surface area contributed by atoms with Crippen LogP contribution in [0.1, 0.15) is 70.1 Å². The average molecular weight is 369 g/mol. The Bertz CT molecular complexity index is 670. The molecule has 2 unspecified atom stereocenters. The first-order valence-electron chi connectivity index (χ1n) is 10.2. The van der Waals surface area contributed by atoms with Gasteiger partial charge in [-0.3, -0.25) is 0 Å². The maximum Gasteiger partial charge on any atom is 0.119 e. The number of ether oxygens (including phenoxy) is 2. The number of methoxy groups -OCH3 is 1. The van der Waals surface area contributed by atoms with E-state index < -0.39 is 0 Å². The van der Waals surface area contributed by atoms with Crippen LogP contribution in [0.4, 0.5) is 0 Å². The average Bonchev–Trinajstić information content (AvgIpc) is 2.70. The minimum absolute atomic E-state index is 0.0449. The monoisotopic (exact) mass is 368 g/mol. The Hall–Kier alpha value is -1.80. The van der Waals surface area contributed by atoms with Gasteiger partial charge in [-0.15, -0.1) is 0 Å². The normalized spacial score (nSPS) is 14.0. The molecule has 0 fully saturated rings. The standard InChI is InChI=1S/C25H36O2/c1-7-19(3)17-27-24-15-13-23(14-16-24)25(4,5)22-11-9-21(10-12-22)20(8-2)18-26-6/h9-16,19-20H,7-8,17-18H2,1-6H3. The molecule has 0 heterocycles. The second-order valence-corrected chi connectivity index (χ2v) is 8.16. The zero-order valence-electron chi connectivity index (χ0n) is 17.9. The van der Waals surface area contributed by atoms with Crippen LogP contribution in [-0.4, -0.2) is 20.3 Å². The summed E-state index contributed by atoms with van der Waals surface area (Å²) in [5.41, 5.74) is 3.94. The van der Waals surface area contributed by atoms with E-state index in [2.05, 4.69) is 83.1 Å². The predicted molar refractivity (Wildman–Crippen MR) is 115 cm³/mol. The SMILES string of the molecule is CCC(C)COc1ccc(C(C)(C)c2ccc(C(CC)COC)cc2)cc1. The molecule has 0 bridgehead atoms. The van der Waals surface area contributed by atoms with E-state index in [4.69, 9.17) is 9.47 Å². The molecule has 0 N–H and O–H groups in total. The molecule has 2 nitrogen and oxygen atoms in total. The summed E-state index contributed by atoms with van der Waals surface area (Å²) in [6.07, 6.45) is 2.24. The molecular weight excluding hydrogens is 332 g/mol. The lowest BCUT2D eigenvalue weighted by molar-refractivity contribution is 0.177. The molecule has 0 saturated heterocycles. The van der Waals surface area contributed by atoms with Gasteiger partial charge in [0.05, 0.1) is 13.2 Å². The number of hydrogen-bond donors (Lipinski definition) is 0. The number of benzene rings is 2. The van der Waals surface area contributed by atoms with Crippen molar-refractivity contribution < 1.29 is 9.47 Å². The summed E-state index contributed by atoms with van der Waals surface area (Å²) in [6, 6.07) is 17.6. The van der Waals surface area contributed by atoms with Crippen molar-refractivity contribution in [2.45, 2.75) is 58.8 Å². The largest absolute Gasteiger partial charge is 0.493 e. The van der Waals surface area contributed by atoms with Crippen molar-refractivity contribution in [1.82, 2.24) is 0 Å². The summed E-state index contributed by atoms with van der Waals surface area (Å²) in [5.74, 6) is 2.01. The van der Waals surface area contributed by atoms with Gasteiger partial charge in [-0.05, 0) is 41.2 Å². The summed E-state index contributed by atoms with van der Waals surface area (Å²) < 4.78 is 11.3. The van der Waals surface area contributed by atoms with E-state index in [-0.39, 0.29) is 5.41 Å². The van der Waals surface area contributed by atoms with Gasteiger partial charge in [0.1, 0.15) is 5.75 Å². The van der Waals surface area contributed by atoms with Crippen LogP contribution in [0.2, 0.25) is 0 Å². The van der Waals surface area contributed by atoms with Gasteiger partial charge in [-0.2, -0.15) is 0 Å². The van der Waals surface area contributed by atoms with Crippen molar-refractivity contribution in [3.8, 4) is 5.75 Å². The van der Waals surface area contributed by atoms with E-state index in [0.717, 1.165) is 31.8 Å². The van der Waals surface area contributed by atoms with E-state index in [0.29, 0.717) is 11.8 Å². The smallest absolute Gasteiger partial charge is 0.119 e. The summed E-state index contributed by atoms with van der Waals surface area (Å²) in [5, 5.41) is 0. The molecule has 0 saturated carbocycles. The Morgan fingerprint density at radius 2 is 1.37 bits per heavy atom. The molecule has 2 aromatic carbocycles. The fourth-order valence-corrected chi connectivity index (χ4v) is 3.31. The Kier molecular flexibility index (Phi) is 7.91. The first-order valence-corrected chi connectivity index (χ1v) is 10.2. The fourth-order valence-electron chi connectivity index (χ4n) is 3.31. The zero-order chi connectivity index (χ0) is 19.9. The van der Waals surface area contributed by atoms with Gasteiger partial charge in [-0.1, -0.05) is 77.4 Å².